The Morgan fingerprint density at radius 3 is 2.68 bits per heavy atom. The van der Waals surface area contributed by atoms with Crippen molar-refractivity contribution in [2.24, 2.45) is 0 Å². The Balaban J connectivity index is 1.74. The summed E-state index contributed by atoms with van der Waals surface area (Å²) in [6.45, 7) is 5.83. The van der Waals surface area contributed by atoms with Crippen molar-refractivity contribution < 1.29 is 14.3 Å². The molecule has 0 saturated carbocycles. The van der Waals surface area contributed by atoms with Crippen molar-refractivity contribution in [3.05, 3.63) is 23.8 Å². The van der Waals surface area contributed by atoms with E-state index in [1.165, 1.54) is 0 Å². The average molecular weight is 345 g/mol. The van der Waals surface area contributed by atoms with Gasteiger partial charge in [-0.2, -0.15) is 4.98 Å². The van der Waals surface area contributed by atoms with Crippen LogP contribution in [0, 0.1) is 0 Å². The molecular formula is C17H23N5O3. The van der Waals surface area contributed by atoms with Gasteiger partial charge in [-0.05, 0) is 24.6 Å². The number of piperazine rings is 1. The lowest BCUT2D eigenvalue weighted by molar-refractivity contribution is 0.0779. The molecule has 0 aromatic carbocycles. The number of hydrogen-bond acceptors (Lipinski definition) is 7. The van der Waals surface area contributed by atoms with Crippen LogP contribution < -0.4 is 10.5 Å². The molecule has 3 heterocycles. The molecule has 0 aliphatic carbocycles. The van der Waals surface area contributed by atoms with Crippen molar-refractivity contribution in [1.29, 1.82) is 0 Å². The maximum Gasteiger partial charge on any atom is 0.409 e. The molecule has 2 aromatic rings. The Hall–Kier alpha value is -2.61. The summed E-state index contributed by atoms with van der Waals surface area (Å²) in [6, 6.07) is 5.64. The van der Waals surface area contributed by atoms with Crippen LogP contribution in [0.1, 0.15) is 12.5 Å². The zero-order chi connectivity index (χ0) is 17.8. The number of aromatic nitrogens is 2. The van der Waals surface area contributed by atoms with Crippen LogP contribution in [0.3, 0.4) is 0 Å². The number of carbonyl (C=O) groups is 1. The molecule has 1 saturated heterocycles. The second-order valence-electron chi connectivity index (χ2n) is 5.89. The van der Waals surface area contributed by atoms with Crippen LogP contribution in [0.4, 0.5) is 10.6 Å². The number of hydrogen-bond donors (Lipinski definition) is 1. The molecule has 1 amide bonds. The van der Waals surface area contributed by atoms with E-state index in [0.717, 1.165) is 30.6 Å². The molecule has 25 heavy (non-hydrogen) atoms. The van der Waals surface area contributed by atoms with Gasteiger partial charge in [0.05, 0.1) is 13.7 Å². The van der Waals surface area contributed by atoms with E-state index in [9.17, 15) is 4.79 Å². The molecule has 0 unspecified atom stereocenters. The number of fused-ring (bicyclic) bond motifs is 1. The van der Waals surface area contributed by atoms with Crippen molar-refractivity contribution in [3.63, 3.8) is 0 Å². The molecule has 2 aromatic heterocycles. The van der Waals surface area contributed by atoms with Crippen molar-refractivity contribution in [3.8, 4) is 5.88 Å². The molecule has 0 radical (unpaired) electrons. The van der Waals surface area contributed by atoms with Crippen LogP contribution in [0.2, 0.25) is 0 Å². The molecule has 1 aliphatic rings. The zero-order valence-electron chi connectivity index (χ0n) is 14.6. The summed E-state index contributed by atoms with van der Waals surface area (Å²) in [5, 5.41) is 0.961. The molecule has 3 rings (SSSR count). The van der Waals surface area contributed by atoms with Crippen LogP contribution >= 0.6 is 0 Å². The van der Waals surface area contributed by atoms with Gasteiger partial charge in [0, 0.05) is 44.2 Å². The predicted molar refractivity (Wildman–Crippen MR) is 94.4 cm³/mol. The summed E-state index contributed by atoms with van der Waals surface area (Å²) in [5.41, 5.74) is 7.43. The first-order valence-electron chi connectivity index (χ1n) is 8.35. The predicted octanol–water partition coefficient (Wildman–Crippen LogP) is 1.49. The van der Waals surface area contributed by atoms with E-state index < -0.39 is 0 Å². The third kappa shape index (κ3) is 3.90. The summed E-state index contributed by atoms with van der Waals surface area (Å²) >= 11 is 0. The molecule has 8 nitrogen and oxygen atoms in total. The van der Waals surface area contributed by atoms with E-state index in [1.807, 2.05) is 19.1 Å². The molecule has 1 fully saturated rings. The number of methoxy groups -OCH3 is 1. The van der Waals surface area contributed by atoms with Gasteiger partial charge in [-0.15, -0.1) is 0 Å². The minimum Gasteiger partial charge on any atom is -0.481 e. The van der Waals surface area contributed by atoms with E-state index in [4.69, 9.17) is 15.2 Å². The minimum absolute atomic E-state index is 0.238. The summed E-state index contributed by atoms with van der Waals surface area (Å²) in [7, 11) is 1.59. The molecular weight excluding hydrogens is 322 g/mol. The highest BCUT2D eigenvalue weighted by atomic mass is 16.6. The van der Waals surface area contributed by atoms with Crippen LogP contribution in [-0.4, -0.2) is 65.8 Å². The number of nitrogens with two attached hydrogens (primary N) is 1. The number of amides is 1. The third-order valence-electron chi connectivity index (χ3n) is 4.26. The number of rotatable bonds is 4. The highest BCUT2D eigenvalue weighted by Crippen LogP contribution is 2.23. The molecule has 2 N–H and O–H groups in total. The van der Waals surface area contributed by atoms with Gasteiger partial charge in [-0.25, -0.2) is 9.78 Å². The van der Waals surface area contributed by atoms with E-state index in [0.29, 0.717) is 37.0 Å². The Labute approximate surface area is 146 Å². The SMILES string of the molecule is CCOC(=O)N1CCN(Cc2cc(OC)nc3nc(N)ccc23)CC1. The van der Waals surface area contributed by atoms with Crippen molar-refractivity contribution in [2.45, 2.75) is 13.5 Å². The molecule has 8 heteroatoms. The third-order valence-corrected chi connectivity index (χ3v) is 4.26. The van der Waals surface area contributed by atoms with Crippen LogP contribution in [0.15, 0.2) is 18.2 Å². The Kier molecular flexibility index (Phi) is 5.18. The monoisotopic (exact) mass is 345 g/mol. The summed E-state index contributed by atoms with van der Waals surface area (Å²) in [6.07, 6.45) is -0.238. The quantitative estimate of drug-likeness (QED) is 0.897. The fourth-order valence-electron chi connectivity index (χ4n) is 2.94. The summed E-state index contributed by atoms with van der Waals surface area (Å²) in [5.74, 6) is 0.952. The zero-order valence-corrected chi connectivity index (χ0v) is 14.6. The second kappa shape index (κ2) is 7.52. The van der Waals surface area contributed by atoms with Gasteiger partial charge in [0.1, 0.15) is 5.82 Å². The van der Waals surface area contributed by atoms with Crippen LogP contribution in [0.25, 0.3) is 11.0 Å². The molecule has 134 valence electrons. The van der Waals surface area contributed by atoms with Gasteiger partial charge in [-0.1, -0.05) is 0 Å². The topological polar surface area (TPSA) is 93.8 Å². The highest BCUT2D eigenvalue weighted by Gasteiger charge is 2.22. The van der Waals surface area contributed by atoms with E-state index >= 15 is 0 Å². The molecule has 1 aliphatic heterocycles. The number of carbonyl (C=O) groups excluding carboxylic acids is 1. The van der Waals surface area contributed by atoms with Gasteiger partial charge in [0.25, 0.3) is 0 Å². The lowest BCUT2D eigenvalue weighted by atomic mass is 10.1. The van der Waals surface area contributed by atoms with Gasteiger partial charge in [0.15, 0.2) is 5.65 Å². The Morgan fingerprint density at radius 2 is 2.00 bits per heavy atom. The normalized spacial score (nSPS) is 15.4. The van der Waals surface area contributed by atoms with Crippen molar-refractivity contribution in [1.82, 2.24) is 19.8 Å². The van der Waals surface area contributed by atoms with Gasteiger partial charge in [-0.3, -0.25) is 4.90 Å². The molecule has 0 atom stereocenters. The van der Waals surface area contributed by atoms with E-state index in [-0.39, 0.29) is 6.09 Å². The number of ether oxygens (including phenoxy) is 2. The van der Waals surface area contributed by atoms with Gasteiger partial charge < -0.3 is 20.1 Å². The second-order valence-corrected chi connectivity index (χ2v) is 5.89. The maximum absolute atomic E-state index is 11.8. The number of pyridine rings is 2. The lowest BCUT2D eigenvalue weighted by Crippen LogP contribution is -2.48. The molecule has 0 spiro atoms. The number of nitrogen functional groups attached to an aromatic ring is 1. The summed E-state index contributed by atoms with van der Waals surface area (Å²) in [4.78, 5) is 24.5. The largest absolute Gasteiger partial charge is 0.481 e. The Bertz CT molecular complexity index is 759. The minimum atomic E-state index is -0.238. The fourth-order valence-corrected chi connectivity index (χ4v) is 2.94. The number of anilines is 1. The standard InChI is InChI=1S/C17H23N5O3/c1-3-25-17(23)22-8-6-21(7-9-22)11-12-10-15(24-2)20-16-13(12)4-5-14(18)19-16/h4-5,10H,3,6-9,11H2,1-2H3,(H2,18,19,20). The Morgan fingerprint density at radius 1 is 1.24 bits per heavy atom. The van der Waals surface area contributed by atoms with E-state index in [1.54, 1.807) is 18.1 Å². The number of nitrogens with zero attached hydrogens (tertiary/aromatic N) is 4. The van der Waals surface area contributed by atoms with Gasteiger partial charge in [0.2, 0.25) is 5.88 Å². The van der Waals surface area contributed by atoms with Crippen molar-refractivity contribution in [2.75, 3.05) is 45.6 Å². The van der Waals surface area contributed by atoms with Crippen LogP contribution in [0.5, 0.6) is 5.88 Å². The van der Waals surface area contributed by atoms with E-state index in [2.05, 4.69) is 14.9 Å². The smallest absolute Gasteiger partial charge is 0.409 e. The van der Waals surface area contributed by atoms with Crippen LogP contribution in [-0.2, 0) is 11.3 Å². The first-order valence-corrected chi connectivity index (χ1v) is 8.35. The van der Waals surface area contributed by atoms with Crippen molar-refractivity contribution >= 4 is 22.9 Å². The average Bonchev–Trinajstić information content (AvgIpc) is 2.62. The first kappa shape index (κ1) is 17.2. The maximum atomic E-state index is 11.8. The fraction of sp³-hybridized carbons (Fsp3) is 0.471. The van der Waals surface area contributed by atoms with Gasteiger partial charge >= 0.3 is 6.09 Å². The molecule has 0 bridgehead atoms. The summed E-state index contributed by atoms with van der Waals surface area (Å²) < 4.78 is 10.3. The highest BCUT2D eigenvalue weighted by molar-refractivity contribution is 5.80. The lowest BCUT2D eigenvalue weighted by Gasteiger charge is -2.34. The first-order chi connectivity index (χ1) is 12.1.